The zero-order valence-corrected chi connectivity index (χ0v) is 13.2. The Hall–Kier alpha value is -1.45. The third kappa shape index (κ3) is 3.80. The number of carbonyl (C=O) groups excluding carboxylic acids is 1. The fourth-order valence-corrected chi connectivity index (χ4v) is 3.61. The topological polar surface area (TPSA) is 118 Å². The summed E-state index contributed by atoms with van der Waals surface area (Å²) in [6, 6.07) is 4.52. The van der Waals surface area contributed by atoms with Crippen LogP contribution in [-0.4, -0.2) is 37.7 Å². The zero-order valence-electron chi connectivity index (χ0n) is 10.8. The lowest BCUT2D eigenvalue weighted by Crippen LogP contribution is -2.27. The van der Waals surface area contributed by atoms with Gasteiger partial charge in [0.25, 0.3) is 0 Å². The van der Waals surface area contributed by atoms with E-state index in [4.69, 9.17) is 10.2 Å². The molecule has 1 heterocycles. The average Bonchev–Trinajstić information content (AvgIpc) is 2.68. The Balaban J connectivity index is 2.25. The van der Waals surface area contributed by atoms with Gasteiger partial charge >= 0.3 is 5.97 Å². The number of benzene rings is 1. The van der Waals surface area contributed by atoms with Gasteiger partial charge < -0.3 is 10.0 Å². The van der Waals surface area contributed by atoms with Crippen molar-refractivity contribution in [2.75, 3.05) is 17.2 Å². The van der Waals surface area contributed by atoms with Gasteiger partial charge in [-0.2, -0.15) is 0 Å². The highest BCUT2D eigenvalue weighted by Gasteiger charge is 2.33. The second-order valence-electron chi connectivity index (χ2n) is 4.87. The minimum atomic E-state index is -3.65. The van der Waals surface area contributed by atoms with Gasteiger partial charge in [0, 0.05) is 29.0 Å². The van der Waals surface area contributed by atoms with E-state index >= 15 is 0 Å². The van der Waals surface area contributed by atoms with Crippen molar-refractivity contribution < 1.29 is 23.1 Å². The van der Waals surface area contributed by atoms with Crippen molar-refractivity contribution in [1.29, 1.82) is 0 Å². The summed E-state index contributed by atoms with van der Waals surface area (Å²) < 4.78 is 22.6. The Labute approximate surface area is 129 Å². The van der Waals surface area contributed by atoms with E-state index in [1.165, 1.54) is 11.0 Å². The molecule has 0 radical (unpaired) electrons. The fourth-order valence-electron chi connectivity index (χ4n) is 2.32. The van der Waals surface area contributed by atoms with Crippen molar-refractivity contribution in [3.8, 4) is 0 Å². The summed E-state index contributed by atoms with van der Waals surface area (Å²) in [6.07, 6.45) is 0.0783. The minimum Gasteiger partial charge on any atom is -0.478 e. The predicted molar refractivity (Wildman–Crippen MR) is 79.5 cm³/mol. The lowest BCUT2D eigenvalue weighted by molar-refractivity contribution is -0.117. The number of carboxylic acid groups (broad SMARTS) is 1. The maximum Gasteiger partial charge on any atom is 0.336 e. The standard InChI is InChI=1S/C12H13BrN2O5S/c13-10-2-1-8(4-9(10)12(17)18)15-5-7(3-11(15)16)6-21(14,19)20/h1-2,4,7H,3,5-6H2,(H,17,18)(H2,14,19,20). The molecule has 0 spiro atoms. The summed E-state index contributed by atoms with van der Waals surface area (Å²) in [5.41, 5.74) is 0.465. The molecule has 1 fully saturated rings. The van der Waals surface area contributed by atoms with Gasteiger partial charge in [-0.25, -0.2) is 18.4 Å². The van der Waals surface area contributed by atoms with Crippen LogP contribution in [0.15, 0.2) is 22.7 Å². The number of nitrogens with zero attached hydrogens (tertiary/aromatic N) is 1. The molecule has 1 aromatic carbocycles. The second kappa shape index (κ2) is 5.74. The molecule has 1 atom stereocenters. The predicted octanol–water partition coefficient (Wildman–Crippen LogP) is 0.789. The first-order chi connectivity index (χ1) is 9.67. The molecule has 1 aliphatic rings. The van der Waals surface area contributed by atoms with Crippen molar-refractivity contribution in [3.05, 3.63) is 28.2 Å². The Morgan fingerprint density at radius 1 is 1.48 bits per heavy atom. The van der Waals surface area contributed by atoms with E-state index in [-0.39, 0.29) is 36.1 Å². The largest absolute Gasteiger partial charge is 0.478 e. The fraction of sp³-hybridized carbons (Fsp3) is 0.333. The lowest BCUT2D eigenvalue weighted by atomic mass is 10.1. The Kier molecular flexibility index (Phi) is 4.35. The van der Waals surface area contributed by atoms with Gasteiger partial charge in [-0.05, 0) is 34.1 Å². The van der Waals surface area contributed by atoms with Crippen molar-refractivity contribution in [3.63, 3.8) is 0 Å². The summed E-state index contributed by atoms with van der Waals surface area (Å²) in [6.45, 7) is 0.204. The first-order valence-corrected chi connectivity index (χ1v) is 8.52. The molecule has 1 aliphatic heterocycles. The van der Waals surface area contributed by atoms with E-state index in [9.17, 15) is 18.0 Å². The second-order valence-corrected chi connectivity index (χ2v) is 7.39. The molecule has 3 N–H and O–H groups in total. The summed E-state index contributed by atoms with van der Waals surface area (Å²) in [4.78, 5) is 24.4. The van der Waals surface area contributed by atoms with E-state index < -0.39 is 16.0 Å². The molecule has 1 amide bonds. The van der Waals surface area contributed by atoms with Crippen molar-refractivity contribution in [1.82, 2.24) is 0 Å². The van der Waals surface area contributed by atoms with Gasteiger partial charge in [0.2, 0.25) is 15.9 Å². The number of sulfonamides is 1. The number of nitrogens with two attached hydrogens (primary N) is 1. The summed E-state index contributed by atoms with van der Waals surface area (Å²) in [7, 11) is -3.65. The van der Waals surface area contributed by atoms with E-state index in [0.717, 1.165) is 0 Å². The van der Waals surface area contributed by atoms with Gasteiger partial charge in [-0.15, -0.1) is 0 Å². The molecule has 9 heteroatoms. The van der Waals surface area contributed by atoms with Crippen LogP contribution in [0.25, 0.3) is 0 Å². The number of amides is 1. The molecule has 1 saturated heterocycles. The minimum absolute atomic E-state index is 0.0372. The van der Waals surface area contributed by atoms with E-state index in [2.05, 4.69) is 15.9 Å². The van der Waals surface area contributed by atoms with Gasteiger partial charge in [-0.3, -0.25) is 4.79 Å². The van der Waals surface area contributed by atoms with Crippen LogP contribution in [0.5, 0.6) is 0 Å². The first kappa shape index (κ1) is 15.9. The summed E-state index contributed by atoms with van der Waals surface area (Å²) >= 11 is 3.13. The molecular weight excluding hydrogens is 364 g/mol. The number of carboxylic acids is 1. The Morgan fingerprint density at radius 2 is 2.14 bits per heavy atom. The molecule has 2 rings (SSSR count). The van der Waals surface area contributed by atoms with Crippen molar-refractivity contribution in [2.45, 2.75) is 6.42 Å². The van der Waals surface area contributed by atoms with Crippen molar-refractivity contribution in [2.24, 2.45) is 11.1 Å². The third-order valence-electron chi connectivity index (χ3n) is 3.17. The molecule has 1 aromatic rings. The highest BCUT2D eigenvalue weighted by molar-refractivity contribution is 9.10. The van der Waals surface area contributed by atoms with Crippen LogP contribution in [0.3, 0.4) is 0 Å². The van der Waals surface area contributed by atoms with Crippen LogP contribution in [-0.2, 0) is 14.8 Å². The SMILES string of the molecule is NS(=O)(=O)CC1CC(=O)N(c2ccc(Br)c(C(=O)O)c2)C1. The van der Waals surface area contributed by atoms with Gasteiger partial charge in [0.15, 0.2) is 0 Å². The van der Waals surface area contributed by atoms with Crippen LogP contribution >= 0.6 is 15.9 Å². The molecule has 7 nitrogen and oxygen atoms in total. The van der Waals surface area contributed by atoms with Crippen LogP contribution in [0.4, 0.5) is 5.69 Å². The molecule has 21 heavy (non-hydrogen) atoms. The molecule has 0 aliphatic carbocycles. The quantitative estimate of drug-likeness (QED) is 0.804. The molecule has 1 unspecified atom stereocenters. The number of rotatable bonds is 4. The number of hydrogen-bond acceptors (Lipinski definition) is 4. The Morgan fingerprint density at radius 3 is 2.71 bits per heavy atom. The van der Waals surface area contributed by atoms with Crippen LogP contribution in [0.2, 0.25) is 0 Å². The van der Waals surface area contributed by atoms with Gasteiger partial charge in [0.05, 0.1) is 11.3 Å². The van der Waals surface area contributed by atoms with E-state index in [1.54, 1.807) is 12.1 Å². The number of aromatic carboxylic acids is 1. The highest BCUT2D eigenvalue weighted by atomic mass is 79.9. The molecule has 114 valence electrons. The summed E-state index contributed by atoms with van der Waals surface area (Å²) in [5, 5.41) is 14.1. The Bertz CT molecular complexity index is 704. The molecule has 0 aromatic heterocycles. The van der Waals surface area contributed by atoms with Crippen LogP contribution < -0.4 is 10.0 Å². The lowest BCUT2D eigenvalue weighted by Gasteiger charge is -2.17. The van der Waals surface area contributed by atoms with Crippen LogP contribution in [0, 0.1) is 5.92 Å². The molecule has 0 saturated carbocycles. The van der Waals surface area contributed by atoms with Crippen LogP contribution in [0.1, 0.15) is 16.8 Å². The number of carbonyl (C=O) groups is 2. The first-order valence-electron chi connectivity index (χ1n) is 6.01. The van der Waals surface area contributed by atoms with E-state index in [0.29, 0.717) is 10.2 Å². The number of hydrogen-bond donors (Lipinski definition) is 2. The highest BCUT2D eigenvalue weighted by Crippen LogP contribution is 2.29. The maximum atomic E-state index is 12.0. The molecule has 0 bridgehead atoms. The molecular formula is C12H13BrN2O5S. The number of anilines is 1. The van der Waals surface area contributed by atoms with E-state index in [1.807, 2.05) is 0 Å². The third-order valence-corrected chi connectivity index (χ3v) is 4.79. The van der Waals surface area contributed by atoms with Gasteiger partial charge in [-0.1, -0.05) is 0 Å². The smallest absolute Gasteiger partial charge is 0.336 e. The zero-order chi connectivity index (χ0) is 15.8. The normalized spacial score (nSPS) is 19.0. The van der Waals surface area contributed by atoms with Gasteiger partial charge in [0.1, 0.15) is 0 Å². The average molecular weight is 377 g/mol. The van der Waals surface area contributed by atoms with Crippen molar-refractivity contribution >= 4 is 43.5 Å². The number of halogens is 1. The number of primary sulfonamides is 1. The monoisotopic (exact) mass is 376 g/mol. The maximum absolute atomic E-state index is 12.0. The summed E-state index contributed by atoms with van der Waals surface area (Å²) in [5.74, 6) is -2.01.